The summed E-state index contributed by atoms with van der Waals surface area (Å²) in [7, 11) is 0. The van der Waals surface area contributed by atoms with E-state index in [1.165, 1.54) is 11.3 Å². The molecule has 66 valence electrons. The van der Waals surface area contributed by atoms with E-state index in [2.05, 4.69) is 37.0 Å². The highest BCUT2D eigenvalue weighted by molar-refractivity contribution is 5.62. The van der Waals surface area contributed by atoms with Gasteiger partial charge in [-0.25, -0.2) is 0 Å². The molecule has 0 fully saturated rings. The zero-order valence-corrected chi connectivity index (χ0v) is 7.99. The molecule has 0 bridgehead atoms. The van der Waals surface area contributed by atoms with E-state index in [9.17, 15) is 0 Å². The Bertz CT molecular complexity index is 348. The predicted molar refractivity (Wildman–Crippen MR) is 54.9 cm³/mol. The maximum atomic E-state index is 4.55. The summed E-state index contributed by atoms with van der Waals surface area (Å²) in [5.41, 5.74) is 3.50. The van der Waals surface area contributed by atoms with Gasteiger partial charge in [-0.2, -0.15) is 0 Å². The molecule has 0 N–H and O–H groups in total. The van der Waals surface area contributed by atoms with Crippen molar-refractivity contribution in [2.45, 2.75) is 19.8 Å². The summed E-state index contributed by atoms with van der Waals surface area (Å²) in [6, 6.07) is 12.4. The summed E-state index contributed by atoms with van der Waals surface area (Å²) in [5, 5.41) is 0. The Morgan fingerprint density at radius 1 is 1.08 bits per heavy atom. The van der Waals surface area contributed by atoms with E-state index in [4.69, 9.17) is 0 Å². The molecule has 0 saturated heterocycles. The minimum absolute atomic E-state index is 0.512. The average Bonchev–Trinajstić information content (AvgIpc) is 2.38. The van der Waals surface area contributed by atoms with Crippen LogP contribution in [-0.2, 0) is 0 Å². The lowest BCUT2D eigenvalue weighted by Crippen LogP contribution is -1.84. The van der Waals surface area contributed by atoms with Gasteiger partial charge in [-0.1, -0.05) is 38.1 Å². The Morgan fingerprint density at radius 3 is 2.62 bits per heavy atom. The van der Waals surface area contributed by atoms with Crippen molar-refractivity contribution in [3.05, 3.63) is 42.1 Å². The third kappa shape index (κ3) is 1.55. The van der Waals surface area contributed by atoms with Crippen LogP contribution in [0.1, 0.15) is 25.5 Å². The minimum atomic E-state index is 0.512. The van der Waals surface area contributed by atoms with Crippen molar-refractivity contribution in [2.24, 2.45) is 0 Å². The molecule has 0 spiro atoms. The summed E-state index contributed by atoms with van der Waals surface area (Å²) in [6.45, 7) is 4.34. The van der Waals surface area contributed by atoms with Gasteiger partial charge in [-0.15, -0.1) is 0 Å². The van der Waals surface area contributed by atoms with Crippen molar-refractivity contribution in [3.8, 4) is 11.3 Å². The first kappa shape index (κ1) is 8.24. The molecule has 0 amide bonds. The number of rotatable bonds is 1. The van der Waals surface area contributed by atoms with Crippen LogP contribution in [-0.4, -0.2) is 4.98 Å². The van der Waals surface area contributed by atoms with E-state index >= 15 is 0 Å². The van der Waals surface area contributed by atoms with Crippen LogP contribution in [0, 0.1) is 0 Å². The lowest BCUT2D eigenvalue weighted by Gasteiger charge is -1.95. The van der Waals surface area contributed by atoms with Gasteiger partial charge < -0.3 is 0 Å². The topological polar surface area (TPSA) is 12.9 Å². The zero-order chi connectivity index (χ0) is 9.26. The van der Waals surface area contributed by atoms with Crippen LogP contribution in [0.2, 0.25) is 0 Å². The number of aromatic nitrogens is 1. The molecule has 1 aliphatic heterocycles. The lowest BCUT2D eigenvalue weighted by molar-refractivity contribution is 0.835. The number of fused-ring (bicyclic) bond motifs is 1. The van der Waals surface area contributed by atoms with Gasteiger partial charge in [0.2, 0.25) is 0 Å². The predicted octanol–water partition coefficient (Wildman–Crippen LogP) is 3.31. The third-order valence-electron chi connectivity index (χ3n) is 2.19. The van der Waals surface area contributed by atoms with Gasteiger partial charge in [0.1, 0.15) is 0 Å². The fraction of sp³-hybridized carbons (Fsp3) is 0.250. The molecule has 1 heterocycles. The Morgan fingerprint density at radius 2 is 1.85 bits per heavy atom. The van der Waals surface area contributed by atoms with E-state index < -0.39 is 0 Å². The van der Waals surface area contributed by atoms with E-state index in [1.807, 2.05) is 18.2 Å². The van der Waals surface area contributed by atoms with E-state index in [-0.39, 0.29) is 0 Å². The van der Waals surface area contributed by atoms with Gasteiger partial charge in [0.25, 0.3) is 0 Å². The molecule has 2 aliphatic rings. The van der Waals surface area contributed by atoms with Crippen molar-refractivity contribution >= 4 is 0 Å². The molecule has 1 heteroatoms. The van der Waals surface area contributed by atoms with Gasteiger partial charge in [0, 0.05) is 11.3 Å². The standard InChI is InChI=1S/C12H13N/c1-9(2)12-8-10-6-4-3-5-7-11(10)13-12/h3-9H,1-2H3. The van der Waals surface area contributed by atoms with Gasteiger partial charge >= 0.3 is 0 Å². The van der Waals surface area contributed by atoms with Crippen molar-refractivity contribution in [2.75, 3.05) is 0 Å². The molecule has 0 aromatic heterocycles. The molecular weight excluding hydrogens is 158 g/mol. The van der Waals surface area contributed by atoms with Crippen LogP contribution in [0.25, 0.3) is 11.3 Å². The SMILES string of the molecule is CC(C)c1cc2cccccc-2n1. The number of hydrogen-bond donors (Lipinski definition) is 0. The summed E-state index contributed by atoms with van der Waals surface area (Å²) >= 11 is 0. The molecule has 0 aromatic carbocycles. The highest BCUT2D eigenvalue weighted by atomic mass is 14.7. The maximum Gasteiger partial charge on any atom is 0.0706 e. The van der Waals surface area contributed by atoms with Crippen molar-refractivity contribution in [1.29, 1.82) is 0 Å². The Balaban J connectivity index is 2.57. The van der Waals surface area contributed by atoms with Gasteiger partial charge in [-0.3, -0.25) is 4.98 Å². The normalized spacial score (nSPS) is 11.0. The second kappa shape index (κ2) is 3.17. The highest BCUT2D eigenvalue weighted by Crippen LogP contribution is 2.24. The summed E-state index contributed by atoms with van der Waals surface area (Å²) in [6.07, 6.45) is 0. The molecule has 0 aromatic rings. The number of nitrogens with zero attached hydrogens (tertiary/aromatic N) is 1. The second-order valence-electron chi connectivity index (χ2n) is 3.59. The van der Waals surface area contributed by atoms with Crippen LogP contribution in [0.15, 0.2) is 36.4 Å². The first-order chi connectivity index (χ1) is 6.27. The van der Waals surface area contributed by atoms with Gasteiger partial charge in [0.15, 0.2) is 0 Å². The van der Waals surface area contributed by atoms with Crippen molar-refractivity contribution < 1.29 is 0 Å². The molecule has 2 rings (SSSR count). The summed E-state index contributed by atoms with van der Waals surface area (Å²) in [5.74, 6) is 0.512. The molecule has 0 saturated carbocycles. The van der Waals surface area contributed by atoms with Crippen molar-refractivity contribution in [1.82, 2.24) is 4.98 Å². The average molecular weight is 171 g/mol. The monoisotopic (exact) mass is 171 g/mol. The minimum Gasteiger partial charge on any atom is -0.253 e. The van der Waals surface area contributed by atoms with Crippen LogP contribution >= 0.6 is 0 Å². The first-order valence-electron chi connectivity index (χ1n) is 4.63. The van der Waals surface area contributed by atoms with Crippen LogP contribution < -0.4 is 0 Å². The number of hydrogen-bond acceptors (Lipinski definition) is 1. The molecular formula is C12H13N. The van der Waals surface area contributed by atoms with Crippen LogP contribution in [0.3, 0.4) is 0 Å². The van der Waals surface area contributed by atoms with Crippen LogP contribution in [0.5, 0.6) is 0 Å². The van der Waals surface area contributed by atoms with Gasteiger partial charge in [-0.05, 0) is 18.1 Å². The Labute approximate surface area is 78.8 Å². The van der Waals surface area contributed by atoms with E-state index in [1.54, 1.807) is 0 Å². The molecule has 13 heavy (non-hydrogen) atoms. The molecule has 0 atom stereocenters. The van der Waals surface area contributed by atoms with E-state index in [0.717, 1.165) is 5.69 Å². The Kier molecular flexibility index (Phi) is 2.01. The quantitative estimate of drug-likeness (QED) is 0.641. The third-order valence-corrected chi connectivity index (χ3v) is 2.19. The molecule has 1 aliphatic carbocycles. The summed E-state index contributed by atoms with van der Waals surface area (Å²) in [4.78, 5) is 4.55. The molecule has 1 nitrogen and oxygen atoms in total. The first-order valence-corrected chi connectivity index (χ1v) is 4.63. The molecule has 0 radical (unpaired) electrons. The van der Waals surface area contributed by atoms with E-state index in [0.29, 0.717) is 5.92 Å². The largest absolute Gasteiger partial charge is 0.253 e. The fourth-order valence-electron chi connectivity index (χ4n) is 1.40. The zero-order valence-electron chi connectivity index (χ0n) is 7.99. The molecule has 0 unspecified atom stereocenters. The lowest BCUT2D eigenvalue weighted by atomic mass is 10.1. The second-order valence-corrected chi connectivity index (χ2v) is 3.59. The summed E-state index contributed by atoms with van der Waals surface area (Å²) < 4.78 is 0. The van der Waals surface area contributed by atoms with Crippen LogP contribution in [0.4, 0.5) is 0 Å². The Hall–Kier alpha value is -1.37. The van der Waals surface area contributed by atoms with Crippen molar-refractivity contribution in [3.63, 3.8) is 0 Å². The van der Waals surface area contributed by atoms with Gasteiger partial charge in [0.05, 0.1) is 5.69 Å². The fourth-order valence-corrected chi connectivity index (χ4v) is 1.40. The maximum absolute atomic E-state index is 4.55. The smallest absolute Gasteiger partial charge is 0.0706 e. The highest BCUT2D eigenvalue weighted by Gasteiger charge is 2.08.